The third kappa shape index (κ3) is 7.06. The maximum atomic E-state index is 12.4. The number of carbonyl (C=O) groups excluding carboxylic acids is 2. The Bertz CT molecular complexity index is 677. The average Bonchev–Trinajstić information content (AvgIpc) is 2.51. The highest BCUT2D eigenvalue weighted by Gasteiger charge is 2.38. The minimum atomic E-state index is -0.369. The number of ether oxygens (including phenoxy) is 1. The molecule has 0 unspecified atom stereocenters. The van der Waals surface area contributed by atoms with Gasteiger partial charge in [-0.1, -0.05) is 12.1 Å². The predicted octanol–water partition coefficient (Wildman–Crippen LogP) is 3.69. The van der Waals surface area contributed by atoms with Crippen molar-refractivity contribution in [1.82, 2.24) is 10.6 Å². The van der Waals surface area contributed by atoms with Crippen molar-refractivity contribution >= 4 is 23.8 Å². The summed E-state index contributed by atoms with van der Waals surface area (Å²) in [6.07, 6.45) is 4.82. The van der Waals surface area contributed by atoms with E-state index in [9.17, 15) is 9.59 Å². The van der Waals surface area contributed by atoms with Gasteiger partial charge in [-0.25, -0.2) is 9.59 Å². The van der Waals surface area contributed by atoms with Crippen LogP contribution < -0.4 is 16.0 Å². The van der Waals surface area contributed by atoms with Crippen LogP contribution in [0.1, 0.15) is 53.0 Å². The maximum absolute atomic E-state index is 12.4. The number of esters is 1. The van der Waals surface area contributed by atoms with Gasteiger partial charge in [-0.15, -0.1) is 0 Å². The molecule has 6 nitrogen and oxygen atoms in total. The number of anilines is 1. The van der Waals surface area contributed by atoms with Crippen LogP contribution in [0, 0.1) is 0 Å². The predicted molar refractivity (Wildman–Crippen MR) is 109 cm³/mol. The molecule has 2 amide bonds. The van der Waals surface area contributed by atoms with Crippen LogP contribution in [-0.4, -0.2) is 35.7 Å². The molecule has 1 aliphatic rings. The van der Waals surface area contributed by atoms with Crippen LogP contribution in [0.3, 0.4) is 0 Å². The van der Waals surface area contributed by atoms with Crippen molar-refractivity contribution in [3.63, 3.8) is 0 Å². The highest BCUT2D eigenvalue weighted by atomic mass is 16.5. The van der Waals surface area contributed by atoms with Crippen molar-refractivity contribution in [2.75, 3.05) is 11.9 Å². The van der Waals surface area contributed by atoms with Crippen LogP contribution in [0.15, 0.2) is 30.3 Å². The van der Waals surface area contributed by atoms with Crippen LogP contribution >= 0.6 is 0 Å². The average molecular weight is 373 g/mol. The first kappa shape index (κ1) is 21.0. The molecule has 148 valence electrons. The van der Waals surface area contributed by atoms with Crippen LogP contribution in [-0.2, 0) is 9.53 Å². The first-order valence-electron chi connectivity index (χ1n) is 9.40. The lowest BCUT2D eigenvalue weighted by Crippen LogP contribution is -2.62. The Morgan fingerprint density at radius 3 is 2.30 bits per heavy atom. The summed E-state index contributed by atoms with van der Waals surface area (Å²) in [6, 6.07) is 7.19. The molecule has 6 heteroatoms. The van der Waals surface area contributed by atoms with E-state index in [1.165, 1.54) is 6.08 Å². The Morgan fingerprint density at radius 2 is 1.74 bits per heavy atom. The van der Waals surface area contributed by atoms with Crippen LogP contribution in [0.2, 0.25) is 0 Å². The van der Waals surface area contributed by atoms with Crippen molar-refractivity contribution in [2.24, 2.45) is 0 Å². The molecule has 0 aromatic heterocycles. The SMILES string of the molecule is CCOC(=O)/C=C/c1ccc(NC(=O)NC2CC(C)(C)NC(C)(C)C2)cc1. The Labute approximate surface area is 161 Å². The molecule has 0 aliphatic carbocycles. The van der Waals surface area contributed by atoms with Gasteiger partial charge in [0.05, 0.1) is 6.61 Å². The van der Waals surface area contributed by atoms with Gasteiger partial charge < -0.3 is 20.7 Å². The smallest absolute Gasteiger partial charge is 0.330 e. The van der Waals surface area contributed by atoms with Gasteiger partial charge in [-0.2, -0.15) is 0 Å². The highest BCUT2D eigenvalue weighted by Crippen LogP contribution is 2.28. The van der Waals surface area contributed by atoms with Gasteiger partial charge in [0, 0.05) is 28.9 Å². The number of nitrogens with one attached hydrogen (secondary N) is 3. The largest absolute Gasteiger partial charge is 0.463 e. The van der Waals surface area contributed by atoms with Gasteiger partial charge in [-0.3, -0.25) is 0 Å². The van der Waals surface area contributed by atoms with Crippen molar-refractivity contribution < 1.29 is 14.3 Å². The number of benzene rings is 1. The number of carbonyl (C=O) groups is 2. The minimum absolute atomic E-state index is 0.0212. The zero-order valence-electron chi connectivity index (χ0n) is 16.9. The van der Waals surface area contributed by atoms with Crippen molar-refractivity contribution in [3.05, 3.63) is 35.9 Å². The minimum Gasteiger partial charge on any atom is -0.463 e. The topological polar surface area (TPSA) is 79.5 Å². The van der Waals surface area contributed by atoms with Crippen LogP contribution in [0.4, 0.5) is 10.5 Å². The molecule has 0 spiro atoms. The van der Waals surface area contributed by atoms with E-state index in [4.69, 9.17) is 4.74 Å². The molecule has 2 rings (SSSR count). The number of urea groups is 1. The number of hydrogen-bond acceptors (Lipinski definition) is 4. The van der Waals surface area contributed by atoms with Crippen molar-refractivity contribution in [1.29, 1.82) is 0 Å². The molecular weight excluding hydrogens is 342 g/mol. The first-order valence-corrected chi connectivity index (χ1v) is 9.40. The molecule has 3 N–H and O–H groups in total. The van der Waals surface area contributed by atoms with E-state index in [1.54, 1.807) is 25.1 Å². The third-order valence-electron chi connectivity index (χ3n) is 4.39. The van der Waals surface area contributed by atoms with Gasteiger partial charge in [0.15, 0.2) is 0 Å². The van der Waals surface area contributed by atoms with Crippen LogP contribution in [0.5, 0.6) is 0 Å². The molecule has 1 aromatic rings. The van der Waals surface area contributed by atoms with Gasteiger partial charge in [0.25, 0.3) is 0 Å². The Hall–Kier alpha value is -2.34. The number of hydrogen-bond donors (Lipinski definition) is 3. The van der Waals surface area contributed by atoms with E-state index in [2.05, 4.69) is 43.6 Å². The van der Waals surface area contributed by atoms with E-state index in [-0.39, 0.29) is 29.1 Å². The second-order valence-electron chi connectivity index (χ2n) is 8.30. The fourth-order valence-electron chi connectivity index (χ4n) is 3.81. The fraction of sp³-hybridized carbons (Fsp3) is 0.524. The van der Waals surface area contributed by atoms with E-state index in [0.29, 0.717) is 12.3 Å². The van der Waals surface area contributed by atoms with E-state index < -0.39 is 0 Å². The van der Waals surface area contributed by atoms with Gasteiger partial charge >= 0.3 is 12.0 Å². The zero-order valence-corrected chi connectivity index (χ0v) is 16.9. The Balaban J connectivity index is 1.89. The number of rotatable bonds is 5. The fourth-order valence-corrected chi connectivity index (χ4v) is 3.81. The molecule has 0 bridgehead atoms. The monoisotopic (exact) mass is 373 g/mol. The Morgan fingerprint density at radius 1 is 1.15 bits per heavy atom. The summed E-state index contributed by atoms with van der Waals surface area (Å²) < 4.78 is 4.85. The summed E-state index contributed by atoms with van der Waals surface area (Å²) in [6.45, 7) is 10.7. The summed E-state index contributed by atoms with van der Waals surface area (Å²) in [5, 5.41) is 9.56. The molecule has 0 atom stereocenters. The lowest BCUT2D eigenvalue weighted by molar-refractivity contribution is -0.137. The van der Waals surface area contributed by atoms with Crippen molar-refractivity contribution in [2.45, 2.75) is 64.6 Å². The molecule has 0 saturated carbocycles. The maximum Gasteiger partial charge on any atom is 0.330 e. The zero-order chi connectivity index (χ0) is 20.1. The summed E-state index contributed by atoms with van der Waals surface area (Å²) in [4.78, 5) is 23.7. The normalized spacial score (nSPS) is 18.9. The first-order chi connectivity index (χ1) is 12.6. The van der Waals surface area contributed by atoms with E-state index in [1.807, 2.05) is 12.1 Å². The lowest BCUT2D eigenvalue weighted by Gasteiger charge is -2.46. The molecule has 1 fully saturated rings. The van der Waals surface area contributed by atoms with E-state index in [0.717, 1.165) is 18.4 Å². The molecule has 1 aliphatic heterocycles. The summed E-state index contributed by atoms with van der Waals surface area (Å²) in [5.41, 5.74) is 1.52. The van der Waals surface area contributed by atoms with Crippen molar-refractivity contribution in [3.8, 4) is 0 Å². The third-order valence-corrected chi connectivity index (χ3v) is 4.39. The number of amides is 2. The molecule has 1 saturated heterocycles. The van der Waals surface area contributed by atoms with Gasteiger partial charge in [0.2, 0.25) is 0 Å². The molecule has 1 heterocycles. The highest BCUT2D eigenvalue weighted by molar-refractivity contribution is 5.90. The quantitative estimate of drug-likeness (QED) is 0.543. The van der Waals surface area contributed by atoms with Gasteiger partial charge in [-0.05, 0) is 71.2 Å². The number of piperidine rings is 1. The lowest BCUT2D eigenvalue weighted by atomic mass is 9.80. The summed E-state index contributed by atoms with van der Waals surface area (Å²) in [5.74, 6) is -0.369. The summed E-state index contributed by atoms with van der Waals surface area (Å²) in [7, 11) is 0. The van der Waals surface area contributed by atoms with E-state index >= 15 is 0 Å². The standard InChI is InChI=1S/C21H31N3O3/c1-6-27-18(25)12-9-15-7-10-16(11-8-15)22-19(26)23-17-13-20(2,3)24-21(4,5)14-17/h7-12,17,24H,6,13-14H2,1-5H3,(H2,22,23,26)/b12-9+. The second kappa shape index (κ2) is 8.57. The molecule has 27 heavy (non-hydrogen) atoms. The molecule has 1 aromatic carbocycles. The Kier molecular flexibility index (Phi) is 6.65. The second-order valence-corrected chi connectivity index (χ2v) is 8.30. The summed E-state index contributed by atoms with van der Waals surface area (Å²) >= 11 is 0. The van der Waals surface area contributed by atoms with Gasteiger partial charge in [0.1, 0.15) is 0 Å². The van der Waals surface area contributed by atoms with Crippen LogP contribution in [0.25, 0.3) is 6.08 Å². The molecular formula is C21H31N3O3. The molecule has 0 radical (unpaired) electrons.